The molecule has 1 aliphatic rings. The van der Waals surface area contributed by atoms with Gasteiger partial charge in [0.05, 0.1) is 26.9 Å². The minimum Gasteiger partial charge on any atom is -0.497 e. The van der Waals surface area contributed by atoms with Gasteiger partial charge >= 0.3 is 0 Å². The van der Waals surface area contributed by atoms with E-state index in [4.69, 9.17) is 14.2 Å². The SMILES string of the molecule is COc1ccc(CNCC(O)COCC2CC2)c(OC)c1. The monoisotopic (exact) mass is 295 g/mol. The predicted molar refractivity (Wildman–Crippen MR) is 80.8 cm³/mol. The zero-order valence-corrected chi connectivity index (χ0v) is 12.8. The molecule has 1 saturated carbocycles. The number of hydrogen-bond donors (Lipinski definition) is 2. The van der Waals surface area contributed by atoms with Crippen molar-refractivity contribution in [1.29, 1.82) is 0 Å². The summed E-state index contributed by atoms with van der Waals surface area (Å²) in [6.45, 7) is 2.30. The topological polar surface area (TPSA) is 60.0 Å². The van der Waals surface area contributed by atoms with E-state index in [-0.39, 0.29) is 0 Å². The van der Waals surface area contributed by atoms with E-state index in [0.29, 0.717) is 19.7 Å². The van der Waals surface area contributed by atoms with Crippen LogP contribution in [0.2, 0.25) is 0 Å². The Balaban J connectivity index is 1.69. The van der Waals surface area contributed by atoms with E-state index >= 15 is 0 Å². The normalized spacial score (nSPS) is 15.8. The number of nitrogens with one attached hydrogen (secondary N) is 1. The lowest BCUT2D eigenvalue weighted by atomic mass is 10.2. The molecule has 2 rings (SSSR count). The standard InChI is InChI=1S/C16H25NO4/c1-19-15-6-5-13(16(7-15)20-2)8-17-9-14(18)11-21-10-12-3-4-12/h5-7,12,14,17-18H,3-4,8-11H2,1-2H3. The Hall–Kier alpha value is -1.30. The van der Waals surface area contributed by atoms with Crippen molar-refractivity contribution in [3.8, 4) is 11.5 Å². The first-order valence-corrected chi connectivity index (χ1v) is 7.40. The minimum absolute atomic E-state index is 0.392. The molecule has 5 nitrogen and oxygen atoms in total. The van der Waals surface area contributed by atoms with E-state index in [9.17, 15) is 5.11 Å². The second kappa shape index (κ2) is 8.22. The van der Waals surface area contributed by atoms with Crippen molar-refractivity contribution in [3.05, 3.63) is 23.8 Å². The molecule has 1 fully saturated rings. The second-order valence-electron chi connectivity index (χ2n) is 5.44. The molecule has 1 unspecified atom stereocenters. The molecule has 1 aromatic rings. The highest BCUT2D eigenvalue weighted by Crippen LogP contribution is 2.28. The van der Waals surface area contributed by atoms with Crippen LogP contribution in [0, 0.1) is 5.92 Å². The predicted octanol–water partition coefficient (Wildman–Crippen LogP) is 1.58. The van der Waals surface area contributed by atoms with Crippen LogP contribution in [0.3, 0.4) is 0 Å². The van der Waals surface area contributed by atoms with E-state index in [0.717, 1.165) is 29.6 Å². The number of ether oxygens (including phenoxy) is 3. The fraction of sp³-hybridized carbons (Fsp3) is 0.625. The molecule has 0 aliphatic heterocycles. The average molecular weight is 295 g/mol. The Morgan fingerprint density at radius 3 is 2.76 bits per heavy atom. The van der Waals surface area contributed by atoms with Crippen molar-refractivity contribution >= 4 is 0 Å². The summed E-state index contributed by atoms with van der Waals surface area (Å²) in [5.41, 5.74) is 1.03. The number of benzene rings is 1. The van der Waals surface area contributed by atoms with Gasteiger partial charge in [0, 0.05) is 31.3 Å². The first-order valence-electron chi connectivity index (χ1n) is 7.40. The highest BCUT2D eigenvalue weighted by Gasteiger charge is 2.21. The van der Waals surface area contributed by atoms with Gasteiger partial charge in [0.2, 0.25) is 0 Å². The van der Waals surface area contributed by atoms with Crippen molar-refractivity contribution in [3.63, 3.8) is 0 Å². The molecule has 21 heavy (non-hydrogen) atoms. The van der Waals surface area contributed by atoms with Gasteiger partial charge in [-0.3, -0.25) is 0 Å². The Morgan fingerprint density at radius 1 is 1.29 bits per heavy atom. The smallest absolute Gasteiger partial charge is 0.127 e. The van der Waals surface area contributed by atoms with Crippen molar-refractivity contribution in [1.82, 2.24) is 5.32 Å². The van der Waals surface area contributed by atoms with E-state index < -0.39 is 6.10 Å². The molecular formula is C16H25NO4. The van der Waals surface area contributed by atoms with E-state index in [1.807, 2.05) is 18.2 Å². The fourth-order valence-corrected chi connectivity index (χ4v) is 2.09. The summed E-state index contributed by atoms with van der Waals surface area (Å²) in [7, 11) is 3.27. The zero-order chi connectivity index (χ0) is 15.1. The second-order valence-corrected chi connectivity index (χ2v) is 5.44. The number of rotatable bonds is 10. The first kappa shape index (κ1) is 16.1. The van der Waals surface area contributed by atoms with E-state index in [2.05, 4.69) is 5.32 Å². The maximum atomic E-state index is 9.83. The lowest BCUT2D eigenvalue weighted by molar-refractivity contribution is 0.0324. The summed E-state index contributed by atoms with van der Waals surface area (Å²) < 4.78 is 16.0. The number of aliphatic hydroxyl groups is 1. The number of hydrogen-bond acceptors (Lipinski definition) is 5. The van der Waals surface area contributed by atoms with Crippen molar-refractivity contribution in [2.45, 2.75) is 25.5 Å². The third-order valence-corrected chi connectivity index (χ3v) is 3.55. The molecular weight excluding hydrogens is 270 g/mol. The molecule has 0 radical (unpaired) electrons. The zero-order valence-electron chi connectivity index (χ0n) is 12.8. The molecule has 5 heteroatoms. The van der Waals surface area contributed by atoms with Gasteiger partial charge in [0.25, 0.3) is 0 Å². The molecule has 1 aromatic carbocycles. The van der Waals surface area contributed by atoms with Gasteiger partial charge in [-0.1, -0.05) is 6.07 Å². The van der Waals surface area contributed by atoms with Crippen LogP contribution in [0.15, 0.2) is 18.2 Å². The number of methoxy groups -OCH3 is 2. The Bertz CT molecular complexity index is 434. The van der Waals surface area contributed by atoms with Gasteiger partial charge in [-0.25, -0.2) is 0 Å². The number of aliphatic hydroxyl groups excluding tert-OH is 1. The van der Waals surface area contributed by atoms with Gasteiger partial charge < -0.3 is 24.6 Å². The molecule has 0 heterocycles. The Labute approximate surface area is 126 Å². The summed E-state index contributed by atoms with van der Waals surface area (Å²) in [4.78, 5) is 0. The minimum atomic E-state index is -0.479. The van der Waals surface area contributed by atoms with Crippen LogP contribution in [0.5, 0.6) is 11.5 Å². The maximum absolute atomic E-state index is 9.83. The van der Waals surface area contributed by atoms with Crippen LogP contribution in [0.4, 0.5) is 0 Å². The molecule has 0 aromatic heterocycles. The molecule has 1 atom stereocenters. The van der Waals surface area contributed by atoms with Crippen molar-refractivity contribution in [2.75, 3.05) is 34.0 Å². The van der Waals surface area contributed by atoms with Gasteiger partial charge in [-0.15, -0.1) is 0 Å². The van der Waals surface area contributed by atoms with Gasteiger partial charge in [0.1, 0.15) is 11.5 Å². The van der Waals surface area contributed by atoms with Crippen LogP contribution in [0.25, 0.3) is 0 Å². The van der Waals surface area contributed by atoms with Gasteiger partial charge in [0.15, 0.2) is 0 Å². The van der Waals surface area contributed by atoms with Crippen LogP contribution < -0.4 is 14.8 Å². The Morgan fingerprint density at radius 2 is 2.10 bits per heavy atom. The lowest BCUT2D eigenvalue weighted by Crippen LogP contribution is -2.30. The van der Waals surface area contributed by atoms with Crippen LogP contribution in [-0.2, 0) is 11.3 Å². The van der Waals surface area contributed by atoms with Gasteiger partial charge in [-0.2, -0.15) is 0 Å². The lowest BCUT2D eigenvalue weighted by Gasteiger charge is -2.14. The first-order chi connectivity index (χ1) is 10.2. The summed E-state index contributed by atoms with van der Waals surface area (Å²) in [6, 6.07) is 5.71. The van der Waals surface area contributed by atoms with Crippen LogP contribution in [-0.4, -0.2) is 45.2 Å². The molecule has 2 N–H and O–H groups in total. The van der Waals surface area contributed by atoms with Gasteiger partial charge in [-0.05, 0) is 24.8 Å². The van der Waals surface area contributed by atoms with Crippen LogP contribution >= 0.6 is 0 Å². The molecule has 0 bridgehead atoms. The van der Waals surface area contributed by atoms with Crippen LogP contribution in [0.1, 0.15) is 18.4 Å². The average Bonchev–Trinajstić information content (AvgIpc) is 3.31. The molecule has 0 spiro atoms. The molecule has 0 amide bonds. The van der Waals surface area contributed by atoms with E-state index in [1.165, 1.54) is 12.8 Å². The van der Waals surface area contributed by atoms with Crippen molar-refractivity contribution < 1.29 is 19.3 Å². The van der Waals surface area contributed by atoms with E-state index in [1.54, 1.807) is 14.2 Å². The quantitative estimate of drug-likeness (QED) is 0.686. The molecule has 118 valence electrons. The fourth-order valence-electron chi connectivity index (χ4n) is 2.09. The maximum Gasteiger partial charge on any atom is 0.127 e. The highest BCUT2D eigenvalue weighted by molar-refractivity contribution is 5.40. The third kappa shape index (κ3) is 5.53. The highest BCUT2D eigenvalue weighted by atomic mass is 16.5. The summed E-state index contributed by atoms with van der Waals surface area (Å²) in [5.74, 6) is 2.28. The third-order valence-electron chi connectivity index (χ3n) is 3.55. The summed E-state index contributed by atoms with van der Waals surface area (Å²) in [5, 5.41) is 13.0. The summed E-state index contributed by atoms with van der Waals surface area (Å²) >= 11 is 0. The van der Waals surface area contributed by atoms with Crippen molar-refractivity contribution in [2.24, 2.45) is 5.92 Å². The molecule has 0 saturated heterocycles. The summed E-state index contributed by atoms with van der Waals surface area (Å²) in [6.07, 6.45) is 2.06. The largest absolute Gasteiger partial charge is 0.497 e. The molecule has 1 aliphatic carbocycles. The Kier molecular flexibility index (Phi) is 6.29.